The lowest BCUT2D eigenvalue weighted by molar-refractivity contribution is -0.0499. The molecule has 3 aromatic rings. The van der Waals surface area contributed by atoms with E-state index in [1.807, 2.05) is 0 Å². The van der Waals surface area contributed by atoms with Gasteiger partial charge >= 0.3 is 6.61 Å². The van der Waals surface area contributed by atoms with Gasteiger partial charge in [0.05, 0.1) is 5.56 Å². The lowest BCUT2D eigenvalue weighted by Crippen LogP contribution is -2.30. The molecule has 0 fully saturated rings. The summed E-state index contributed by atoms with van der Waals surface area (Å²) in [5, 5.41) is 4.34. The van der Waals surface area contributed by atoms with E-state index in [4.69, 9.17) is 0 Å². The van der Waals surface area contributed by atoms with E-state index in [9.17, 15) is 18.0 Å². The lowest BCUT2D eigenvalue weighted by atomic mass is 10.0. The maximum absolute atomic E-state index is 13.7. The van der Waals surface area contributed by atoms with Gasteiger partial charge in [-0.25, -0.2) is 14.4 Å². The van der Waals surface area contributed by atoms with Gasteiger partial charge in [0.25, 0.3) is 5.91 Å². The Labute approximate surface area is 174 Å². The normalized spacial score (nSPS) is 13.9. The number of ether oxygens (including phenoxy) is 1. The molecule has 0 saturated carbocycles. The fraction of sp³-hybridized carbons (Fsp3) is 0.250. The first-order chi connectivity index (χ1) is 14.5. The number of fused-ring (bicyclic) bond motifs is 1. The molecule has 1 aromatic carbocycles. The number of hydrogen-bond donors (Lipinski definition) is 1. The highest BCUT2D eigenvalue weighted by molar-refractivity contribution is 7.10. The van der Waals surface area contributed by atoms with Crippen molar-refractivity contribution in [3.63, 3.8) is 0 Å². The Balaban J connectivity index is 1.45. The molecule has 2 aromatic heterocycles. The molecule has 0 bridgehead atoms. The number of aromatic nitrogens is 2. The predicted octanol–water partition coefficient (Wildman–Crippen LogP) is 4.09. The molecule has 3 heterocycles. The number of anilines is 1. The number of benzene rings is 1. The van der Waals surface area contributed by atoms with Gasteiger partial charge in [-0.1, -0.05) is 0 Å². The van der Waals surface area contributed by atoms with Crippen LogP contribution in [-0.4, -0.2) is 33.9 Å². The van der Waals surface area contributed by atoms with Gasteiger partial charge in [0, 0.05) is 65.7 Å². The minimum Gasteiger partial charge on any atom is -0.435 e. The first-order valence-corrected chi connectivity index (χ1v) is 9.98. The van der Waals surface area contributed by atoms with E-state index in [2.05, 4.69) is 24.9 Å². The number of nitrogens with one attached hydrogen (secondary N) is 1. The summed E-state index contributed by atoms with van der Waals surface area (Å²) in [4.78, 5) is 24.1. The molecule has 10 heteroatoms. The fourth-order valence-corrected chi connectivity index (χ4v) is 4.50. The fourth-order valence-electron chi connectivity index (χ4n) is 3.38. The van der Waals surface area contributed by atoms with Gasteiger partial charge in [0.15, 0.2) is 0 Å². The molecule has 4 rings (SSSR count). The molecule has 0 saturated heterocycles. The Kier molecular flexibility index (Phi) is 5.96. The smallest absolute Gasteiger partial charge is 0.387 e. The zero-order valence-corrected chi connectivity index (χ0v) is 16.5. The number of nitrogens with zero attached hydrogens (tertiary/aromatic N) is 3. The van der Waals surface area contributed by atoms with Crippen LogP contribution >= 0.6 is 11.3 Å². The number of thiophene rings is 1. The summed E-state index contributed by atoms with van der Waals surface area (Å²) in [5.74, 6) is -1.55. The van der Waals surface area contributed by atoms with E-state index in [1.54, 1.807) is 17.8 Å². The molecule has 30 heavy (non-hydrogen) atoms. The van der Waals surface area contributed by atoms with Crippen LogP contribution < -0.4 is 10.1 Å². The van der Waals surface area contributed by atoms with Gasteiger partial charge in [0.1, 0.15) is 17.9 Å². The summed E-state index contributed by atoms with van der Waals surface area (Å²) in [6.45, 7) is -0.889. The monoisotopic (exact) mass is 434 g/mol. The van der Waals surface area contributed by atoms with Crippen molar-refractivity contribution < 1.29 is 22.7 Å². The topological polar surface area (TPSA) is 67.3 Å². The van der Waals surface area contributed by atoms with Gasteiger partial charge < -0.3 is 10.1 Å². The van der Waals surface area contributed by atoms with Gasteiger partial charge in [-0.3, -0.25) is 9.69 Å². The molecule has 1 amide bonds. The first-order valence-electron chi connectivity index (χ1n) is 9.10. The largest absolute Gasteiger partial charge is 0.435 e. The van der Waals surface area contributed by atoms with Crippen LogP contribution in [0.3, 0.4) is 0 Å². The summed E-state index contributed by atoms with van der Waals surface area (Å²) in [6.07, 6.45) is 5.74. The SMILES string of the molecule is O=C(Nc1cc(F)cc(OC(F)F)c1)c1csc2c1CCN(Cc1cncnc1)C2. The minimum absolute atomic E-state index is 0.0529. The summed E-state index contributed by atoms with van der Waals surface area (Å²) in [6, 6.07) is 3.05. The number of carbonyl (C=O) groups is 1. The third kappa shape index (κ3) is 4.77. The van der Waals surface area contributed by atoms with Crippen molar-refractivity contribution >= 4 is 22.9 Å². The second kappa shape index (κ2) is 8.80. The van der Waals surface area contributed by atoms with Crippen molar-refractivity contribution in [1.29, 1.82) is 0 Å². The van der Waals surface area contributed by atoms with Crippen molar-refractivity contribution in [3.05, 3.63) is 69.7 Å². The van der Waals surface area contributed by atoms with Crippen LogP contribution in [0.1, 0.15) is 26.4 Å². The number of hydrogen-bond acceptors (Lipinski definition) is 6. The summed E-state index contributed by atoms with van der Waals surface area (Å²) in [5.41, 5.74) is 2.54. The molecule has 1 N–H and O–H groups in total. The summed E-state index contributed by atoms with van der Waals surface area (Å²) < 4.78 is 42.7. The molecule has 0 atom stereocenters. The van der Waals surface area contributed by atoms with E-state index >= 15 is 0 Å². The Hall–Kier alpha value is -2.98. The number of alkyl halides is 2. The Bertz CT molecular complexity index is 1050. The third-order valence-electron chi connectivity index (χ3n) is 4.65. The van der Waals surface area contributed by atoms with Crippen molar-refractivity contribution in [2.24, 2.45) is 0 Å². The standard InChI is InChI=1S/C20H17F3N4O2S/c21-13-3-14(5-15(4-13)29-20(22)23)26-19(28)17-10-30-18-9-27(2-1-16(17)18)8-12-6-24-11-25-7-12/h3-7,10-11,20H,1-2,8-9H2,(H,26,28). The molecule has 1 aliphatic rings. The number of rotatable bonds is 6. The minimum atomic E-state index is -3.08. The van der Waals surface area contributed by atoms with E-state index in [1.165, 1.54) is 17.7 Å². The number of amides is 1. The van der Waals surface area contributed by atoms with Gasteiger partial charge in [0.2, 0.25) is 0 Å². The van der Waals surface area contributed by atoms with Crippen LogP contribution in [0, 0.1) is 5.82 Å². The molecule has 0 spiro atoms. The van der Waals surface area contributed by atoms with E-state index < -0.39 is 18.3 Å². The highest BCUT2D eigenvalue weighted by Gasteiger charge is 2.24. The molecule has 0 radical (unpaired) electrons. The average Bonchev–Trinajstić information content (AvgIpc) is 3.11. The van der Waals surface area contributed by atoms with E-state index in [0.717, 1.165) is 47.3 Å². The van der Waals surface area contributed by atoms with Crippen LogP contribution in [0.2, 0.25) is 0 Å². The van der Waals surface area contributed by atoms with Gasteiger partial charge in [-0.2, -0.15) is 8.78 Å². The number of carbonyl (C=O) groups excluding carboxylic acids is 1. The second-order valence-electron chi connectivity index (χ2n) is 6.77. The van der Waals surface area contributed by atoms with E-state index in [-0.39, 0.29) is 11.4 Å². The quantitative estimate of drug-likeness (QED) is 0.633. The third-order valence-corrected chi connectivity index (χ3v) is 5.66. The molecular weight excluding hydrogens is 417 g/mol. The van der Waals surface area contributed by atoms with E-state index in [0.29, 0.717) is 18.5 Å². The summed E-state index contributed by atoms with van der Waals surface area (Å²) in [7, 11) is 0. The highest BCUT2D eigenvalue weighted by atomic mass is 32.1. The Morgan fingerprint density at radius 2 is 2.07 bits per heavy atom. The summed E-state index contributed by atoms with van der Waals surface area (Å²) >= 11 is 1.49. The molecule has 156 valence electrons. The van der Waals surface area contributed by atoms with Gasteiger partial charge in [-0.15, -0.1) is 11.3 Å². The molecule has 6 nitrogen and oxygen atoms in total. The van der Waals surface area contributed by atoms with Crippen molar-refractivity contribution in [1.82, 2.24) is 14.9 Å². The van der Waals surface area contributed by atoms with Gasteiger partial charge in [-0.05, 0) is 18.1 Å². The van der Waals surface area contributed by atoms with Crippen LogP contribution in [0.15, 0.2) is 42.3 Å². The highest BCUT2D eigenvalue weighted by Crippen LogP contribution is 2.30. The number of halogens is 3. The zero-order valence-electron chi connectivity index (χ0n) is 15.6. The van der Waals surface area contributed by atoms with Crippen molar-refractivity contribution in [3.8, 4) is 5.75 Å². The molecule has 0 unspecified atom stereocenters. The van der Waals surface area contributed by atoms with Crippen molar-refractivity contribution in [2.45, 2.75) is 26.1 Å². The van der Waals surface area contributed by atoms with Crippen LogP contribution in [0.5, 0.6) is 5.75 Å². The molecular formula is C20H17F3N4O2S. The van der Waals surface area contributed by atoms with Crippen molar-refractivity contribution in [2.75, 3.05) is 11.9 Å². The van der Waals surface area contributed by atoms with Crippen LogP contribution in [-0.2, 0) is 19.5 Å². The lowest BCUT2D eigenvalue weighted by Gasteiger charge is -2.27. The van der Waals surface area contributed by atoms with Crippen LogP contribution in [0.4, 0.5) is 18.9 Å². The molecule has 1 aliphatic heterocycles. The average molecular weight is 434 g/mol. The maximum atomic E-state index is 13.7. The predicted molar refractivity (Wildman–Crippen MR) is 105 cm³/mol. The zero-order chi connectivity index (χ0) is 21.1. The second-order valence-corrected chi connectivity index (χ2v) is 7.73. The Morgan fingerprint density at radius 3 is 2.83 bits per heavy atom. The Morgan fingerprint density at radius 1 is 1.27 bits per heavy atom. The molecule has 0 aliphatic carbocycles. The first kappa shape index (κ1) is 20.3. The maximum Gasteiger partial charge on any atom is 0.387 e. The van der Waals surface area contributed by atoms with Crippen LogP contribution in [0.25, 0.3) is 0 Å².